The highest BCUT2D eigenvalue weighted by atomic mass is 15.3. The molecule has 0 aliphatic heterocycles. The van der Waals surface area contributed by atoms with E-state index in [2.05, 4.69) is 20.4 Å². The van der Waals surface area contributed by atoms with Gasteiger partial charge < -0.3 is 5.32 Å². The average Bonchev–Trinajstić information content (AvgIpc) is 3.12. The Balaban J connectivity index is 1.52. The van der Waals surface area contributed by atoms with Crippen LogP contribution >= 0.6 is 0 Å². The van der Waals surface area contributed by atoms with Crippen LogP contribution in [0.15, 0.2) is 31.0 Å². The summed E-state index contributed by atoms with van der Waals surface area (Å²) in [4.78, 5) is 8.25. The molecule has 2 heterocycles. The van der Waals surface area contributed by atoms with Crippen LogP contribution < -0.4 is 5.32 Å². The minimum absolute atomic E-state index is 0.764. The zero-order chi connectivity index (χ0) is 12.2. The van der Waals surface area contributed by atoms with Crippen LogP contribution in [0.4, 0.5) is 0 Å². The maximum atomic E-state index is 4.31. The lowest BCUT2D eigenvalue weighted by molar-refractivity contribution is 0.645. The molecule has 3 rings (SSSR count). The first-order valence-corrected chi connectivity index (χ1v) is 6.45. The Hall–Kier alpha value is -1.75. The first-order chi connectivity index (χ1) is 8.92. The molecule has 0 amide bonds. The van der Waals surface area contributed by atoms with Crippen LogP contribution in [0, 0.1) is 0 Å². The molecule has 0 aromatic carbocycles. The number of aromatic nitrogens is 4. The number of nitrogens with zero attached hydrogens (tertiary/aromatic N) is 4. The lowest BCUT2D eigenvalue weighted by atomic mass is 10.2. The molecule has 0 radical (unpaired) electrons. The molecule has 5 nitrogen and oxygen atoms in total. The number of rotatable bonds is 6. The molecule has 18 heavy (non-hydrogen) atoms. The fourth-order valence-corrected chi connectivity index (χ4v) is 1.91. The molecule has 94 valence electrons. The number of hydrogen-bond acceptors (Lipinski definition) is 4. The van der Waals surface area contributed by atoms with Crippen LogP contribution in [-0.2, 0) is 6.42 Å². The fourth-order valence-electron chi connectivity index (χ4n) is 1.91. The Morgan fingerprint density at radius 2 is 2.22 bits per heavy atom. The van der Waals surface area contributed by atoms with Gasteiger partial charge in [-0.05, 0) is 37.8 Å². The van der Waals surface area contributed by atoms with E-state index in [-0.39, 0.29) is 0 Å². The summed E-state index contributed by atoms with van der Waals surface area (Å²) in [5.74, 6) is 0.764. The van der Waals surface area contributed by atoms with Crippen molar-refractivity contribution in [1.29, 1.82) is 0 Å². The smallest absolute Gasteiger partial charge is 0.171 e. The minimum atomic E-state index is 0.764. The van der Waals surface area contributed by atoms with Crippen molar-refractivity contribution in [3.8, 4) is 5.82 Å². The molecule has 0 unspecified atom stereocenters. The van der Waals surface area contributed by atoms with Gasteiger partial charge in [-0.25, -0.2) is 9.67 Å². The Labute approximate surface area is 106 Å². The van der Waals surface area contributed by atoms with E-state index in [4.69, 9.17) is 0 Å². The molecule has 2 aromatic rings. The zero-order valence-corrected chi connectivity index (χ0v) is 10.3. The molecule has 5 heteroatoms. The minimum Gasteiger partial charge on any atom is -0.314 e. The molecular weight excluding hydrogens is 226 g/mol. The molecule has 1 aliphatic rings. The van der Waals surface area contributed by atoms with E-state index in [0.717, 1.165) is 31.2 Å². The normalized spacial score (nSPS) is 14.9. The van der Waals surface area contributed by atoms with Gasteiger partial charge in [0.1, 0.15) is 0 Å². The summed E-state index contributed by atoms with van der Waals surface area (Å²) in [6, 6.07) is 0.798. The van der Waals surface area contributed by atoms with Crippen molar-refractivity contribution >= 4 is 0 Å². The molecule has 0 bridgehead atoms. The quantitative estimate of drug-likeness (QED) is 0.778. The second kappa shape index (κ2) is 5.27. The molecule has 0 saturated heterocycles. The summed E-state index contributed by atoms with van der Waals surface area (Å²) in [5, 5.41) is 7.82. The molecule has 0 atom stereocenters. The first-order valence-electron chi connectivity index (χ1n) is 6.45. The van der Waals surface area contributed by atoms with E-state index in [1.54, 1.807) is 23.3 Å². The summed E-state index contributed by atoms with van der Waals surface area (Å²) in [7, 11) is 0. The first kappa shape index (κ1) is 11.3. The van der Waals surface area contributed by atoms with Gasteiger partial charge in [-0.2, -0.15) is 5.10 Å². The third-order valence-electron chi connectivity index (χ3n) is 3.07. The third kappa shape index (κ3) is 2.92. The van der Waals surface area contributed by atoms with Crippen molar-refractivity contribution in [1.82, 2.24) is 25.1 Å². The predicted octanol–water partition coefficient (Wildman–Crippen LogP) is 1.35. The molecule has 2 aromatic heterocycles. The zero-order valence-electron chi connectivity index (χ0n) is 10.3. The third-order valence-corrected chi connectivity index (χ3v) is 3.07. The maximum Gasteiger partial charge on any atom is 0.171 e. The van der Waals surface area contributed by atoms with E-state index in [9.17, 15) is 0 Å². The van der Waals surface area contributed by atoms with Crippen LogP contribution in [-0.4, -0.2) is 32.3 Å². The van der Waals surface area contributed by atoms with E-state index < -0.39 is 0 Å². The molecule has 1 N–H and O–H groups in total. The Morgan fingerprint density at radius 1 is 1.28 bits per heavy atom. The van der Waals surface area contributed by atoms with Crippen molar-refractivity contribution < 1.29 is 0 Å². The monoisotopic (exact) mass is 243 g/mol. The van der Waals surface area contributed by atoms with Crippen molar-refractivity contribution in [3.63, 3.8) is 0 Å². The van der Waals surface area contributed by atoms with E-state index in [1.165, 1.54) is 18.4 Å². The summed E-state index contributed by atoms with van der Waals surface area (Å²) < 4.78 is 1.77. The van der Waals surface area contributed by atoms with Crippen LogP contribution in [0.1, 0.15) is 24.8 Å². The lowest BCUT2D eigenvalue weighted by Crippen LogP contribution is -2.17. The number of nitrogens with one attached hydrogen (secondary N) is 1. The van der Waals surface area contributed by atoms with Crippen molar-refractivity contribution in [2.75, 3.05) is 6.54 Å². The Bertz CT molecular complexity index is 489. The molecular formula is C13H17N5. The van der Waals surface area contributed by atoms with Gasteiger partial charge in [-0.3, -0.25) is 4.98 Å². The van der Waals surface area contributed by atoms with E-state index >= 15 is 0 Å². The molecule has 1 saturated carbocycles. The summed E-state index contributed by atoms with van der Waals surface area (Å²) >= 11 is 0. The second-order valence-corrected chi connectivity index (χ2v) is 4.69. The largest absolute Gasteiger partial charge is 0.314 e. The predicted molar refractivity (Wildman–Crippen MR) is 68.5 cm³/mol. The van der Waals surface area contributed by atoms with Crippen LogP contribution in [0.2, 0.25) is 0 Å². The van der Waals surface area contributed by atoms with Gasteiger partial charge in [0.05, 0.1) is 12.4 Å². The topological polar surface area (TPSA) is 55.6 Å². The van der Waals surface area contributed by atoms with Crippen molar-refractivity contribution in [2.24, 2.45) is 0 Å². The van der Waals surface area contributed by atoms with Crippen LogP contribution in [0.3, 0.4) is 0 Å². The van der Waals surface area contributed by atoms with Gasteiger partial charge >= 0.3 is 0 Å². The highest BCUT2D eigenvalue weighted by Gasteiger charge is 2.19. The second-order valence-electron chi connectivity index (χ2n) is 4.69. The summed E-state index contributed by atoms with van der Waals surface area (Å²) in [6.45, 7) is 1.10. The van der Waals surface area contributed by atoms with E-state index in [0.29, 0.717) is 0 Å². The van der Waals surface area contributed by atoms with Gasteiger partial charge in [-0.15, -0.1) is 0 Å². The van der Waals surface area contributed by atoms with Gasteiger partial charge in [0.25, 0.3) is 0 Å². The van der Waals surface area contributed by atoms with Crippen molar-refractivity contribution in [3.05, 3.63) is 36.5 Å². The number of aryl methyl sites for hydroxylation is 1. The molecule has 0 spiro atoms. The Kier molecular flexibility index (Phi) is 3.32. The van der Waals surface area contributed by atoms with E-state index in [1.807, 2.05) is 12.4 Å². The maximum absolute atomic E-state index is 4.31. The van der Waals surface area contributed by atoms with Gasteiger partial charge in [0.15, 0.2) is 5.82 Å². The molecule has 1 aliphatic carbocycles. The SMILES string of the molecule is c1cnc(-n2cc(CCCNC3CC3)cn2)cn1. The molecule has 1 fully saturated rings. The van der Waals surface area contributed by atoms with Gasteiger partial charge in [0.2, 0.25) is 0 Å². The summed E-state index contributed by atoms with van der Waals surface area (Å²) in [5.41, 5.74) is 1.25. The van der Waals surface area contributed by atoms with Crippen molar-refractivity contribution in [2.45, 2.75) is 31.7 Å². The van der Waals surface area contributed by atoms with Gasteiger partial charge in [-0.1, -0.05) is 0 Å². The average molecular weight is 243 g/mol. The highest BCUT2D eigenvalue weighted by Crippen LogP contribution is 2.18. The van der Waals surface area contributed by atoms with Crippen LogP contribution in [0.5, 0.6) is 0 Å². The summed E-state index contributed by atoms with van der Waals surface area (Å²) in [6.07, 6.45) is 13.9. The van der Waals surface area contributed by atoms with Crippen LogP contribution in [0.25, 0.3) is 5.82 Å². The highest BCUT2D eigenvalue weighted by molar-refractivity contribution is 5.18. The number of hydrogen-bond donors (Lipinski definition) is 1. The Morgan fingerprint density at radius 3 is 3.00 bits per heavy atom. The fraction of sp³-hybridized carbons (Fsp3) is 0.462. The standard InChI is InChI=1S/C13H17N5/c1(5-15-12-3-4-12)2-11-8-17-18(10-11)13-9-14-6-7-16-13/h6-10,12,15H,1-5H2. The van der Waals surface area contributed by atoms with Gasteiger partial charge in [0, 0.05) is 24.6 Å². The lowest BCUT2D eigenvalue weighted by Gasteiger charge is -2.00.